The summed E-state index contributed by atoms with van der Waals surface area (Å²) in [5.74, 6) is -3.20. The molecule has 4 nitrogen and oxygen atoms in total. The third kappa shape index (κ3) is 1.47. The molecular weight excluding hydrogens is 263 g/mol. The van der Waals surface area contributed by atoms with Crippen LogP contribution in [-0.2, 0) is 9.59 Å². The van der Waals surface area contributed by atoms with Crippen molar-refractivity contribution in [3.63, 3.8) is 0 Å². The Morgan fingerprint density at radius 2 is 1.74 bits per heavy atom. The second-order valence-corrected chi connectivity index (χ2v) is 6.01. The molecule has 1 amide bonds. The summed E-state index contributed by atoms with van der Waals surface area (Å²) in [5, 5.41) is 11.1. The van der Waals surface area contributed by atoms with E-state index < -0.39 is 30.0 Å². The Morgan fingerprint density at radius 3 is 2.05 bits per heavy atom. The Morgan fingerprint density at radius 1 is 1.16 bits per heavy atom. The van der Waals surface area contributed by atoms with Crippen molar-refractivity contribution >= 4 is 11.9 Å². The van der Waals surface area contributed by atoms with Crippen molar-refractivity contribution in [2.75, 3.05) is 0 Å². The molecule has 19 heavy (non-hydrogen) atoms. The zero-order chi connectivity index (χ0) is 14.1. The number of amides is 1. The molecule has 0 aromatic carbocycles. The largest absolute Gasteiger partial charge is 0.481 e. The first-order chi connectivity index (χ1) is 8.73. The number of alkyl halides is 3. The first-order valence-corrected chi connectivity index (χ1v) is 6.33. The SMILES string of the molecule is O=C(O)C1C2(CCC2)C12CC(NC(=O)C(F)(F)F)C2. The van der Waals surface area contributed by atoms with E-state index in [1.165, 1.54) is 0 Å². The predicted molar refractivity (Wildman–Crippen MR) is 57.1 cm³/mol. The summed E-state index contributed by atoms with van der Waals surface area (Å²) in [6.45, 7) is 0. The van der Waals surface area contributed by atoms with Gasteiger partial charge in [-0.3, -0.25) is 9.59 Å². The van der Waals surface area contributed by atoms with E-state index in [9.17, 15) is 27.9 Å². The van der Waals surface area contributed by atoms with Gasteiger partial charge in [-0.15, -0.1) is 0 Å². The molecule has 0 saturated heterocycles. The normalized spacial score (nSPS) is 38.5. The van der Waals surface area contributed by atoms with Gasteiger partial charge in [-0.25, -0.2) is 0 Å². The molecule has 3 fully saturated rings. The number of carbonyl (C=O) groups is 2. The molecule has 0 bridgehead atoms. The third-order valence-electron chi connectivity index (χ3n) is 5.32. The first kappa shape index (κ1) is 12.7. The maximum atomic E-state index is 12.1. The molecule has 0 radical (unpaired) electrons. The van der Waals surface area contributed by atoms with Crippen LogP contribution >= 0.6 is 0 Å². The molecule has 0 aliphatic heterocycles. The van der Waals surface area contributed by atoms with Gasteiger partial charge in [0.2, 0.25) is 0 Å². The van der Waals surface area contributed by atoms with Crippen molar-refractivity contribution in [3.05, 3.63) is 0 Å². The van der Waals surface area contributed by atoms with Gasteiger partial charge in [0.15, 0.2) is 0 Å². The minimum atomic E-state index is -4.87. The van der Waals surface area contributed by atoms with E-state index in [0.717, 1.165) is 19.3 Å². The summed E-state index contributed by atoms with van der Waals surface area (Å²) in [6.07, 6.45) is -1.44. The summed E-state index contributed by atoms with van der Waals surface area (Å²) >= 11 is 0. The van der Waals surface area contributed by atoms with Crippen molar-refractivity contribution in [1.29, 1.82) is 0 Å². The van der Waals surface area contributed by atoms with Gasteiger partial charge in [0.05, 0.1) is 5.92 Å². The number of carboxylic acid groups (broad SMARTS) is 1. The van der Waals surface area contributed by atoms with Crippen LogP contribution in [0.4, 0.5) is 13.2 Å². The Labute approximate surface area is 107 Å². The average Bonchev–Trinajstić information content (AvgIpc) is 2.79. The van der Waals surface area contributed by atoms with Gasteiger partial charge in [0.25, 0.3) is 0 Å². The van der Waals surface area contributed by atoms with Crippen molar-refractivity contribution < 1.29 is 27.9 Å². The molecule has 2 spiro atoms. The van der Waals surface area contributed by atoms with Crippen molar-refractivity contribution in [2.24, 2.45) is 16.7 Å². The first-order valence-electron chi connectivity index (χ1n) is 6.33. The van der Waals surface area contributed by atoms with Crippen LogP contribution in [0.15, 0.2) is 0 Å². The van der Waals surface area contributed by atoms with Crippen molar-refractivity contribution in [1.82, 2.24) is 5.32 Å². The number of nitrogens with one attached hydrogen (secondary N) is 1. The number of rotatable bonds is 2. The highest BCUT2D eigenvalue weighted by molar-refractivity contribution is 5.83. The number of carboxylic acids is 1. The van der Waals surface area contributed by atoms with E-state index >= 15 is 0 Å². The fraction of sp³-hybridized carbons (Fsp3) is 0.833. The number of hydrogen-bond donors (Lipinski definition) is 2. The van der Waals surface area contributed by atoms with E-state index in [-0.39, 0.29) is 10.8 Å². The maximum Gasteiger partial charge on any atom is 0.471 e. The van der Waals surface area contributed by atoms with Gasteiger partial charge in [0, 0.05) is 6.04 Å². The zero-order valence-electron chi connectivity index (χ0n) is 10.1. The highest BCUT2D eigenvalue weighted by atomic mass is 19.4. The number of fused-ring (bicyclic) bond motifs is 1. The highest BCUT2D eigenvalue weighted by Gasteiger charge is 2.83. The lowest BCUT2D eigenvalue weighted by atomic mass is 9.65. The molecule has 2 N–H and O–H groups in total. The Kier molecular flexibility index (Phi) is 2.30. The van der Waals surface area contributed by atoms with Crippen LogP contribution in [-0.4, -0.2) is 29.2 Å². The van der Waals surface area contributed by atoms with Crippen LogP contribution in [0.25, 0.3) is 0 Å². The molecular formula is C12H14F3NO3. The van der Waals surface area contributed by atoms with E-state index in [1.54, 1.807) is 0 Å². The lowest BCUT2D eigenvalue weighted by Gasteiger charge is -2.43. The van der Waals surface area contributed by atoms with Crippen molar-refractivity contribution in [2.45, 2.75) is 44.3 Å². The molecule has 3 aliphatic carbocycles. The smallest absolute Gasteiger partial charge is 0.471 e. The summed E-state index contributed by atoms with van der Waals surface area (Å²) < 4.78 is 36.3. The minimum Gasteiger partial charge on any atom is -0.481 e. The van der Waals surface area contributed by atoms with Crippen LogP contribution in [0.5, 0.6) is 0 Å². The zero-order valence-corrected chi connectivity index (χ0v) is 10.1. The van der Waals surface area contributed by atoms with E-state index in [2.05, 4.69) is 0 Å². The van der Waals surface area contributed by atoms with E-state index in [4.69, 9.17) is 0 Å². The van der Waals surface area contributed by atoms with Gasteiger partial charge in [-0.05, 0) is 36.5 Å². The van der Waals surface area contributed by atoms with E-state index in [1.807, 2.05) is 5.32 Å². The molecule has 7 heteroatoms. The standard InChI is InChI=1S/C12H14F3NO3/c13-12(14,15)9(19)16-6-4-11(5-6)7(8(17)18)10(11)2-1-3-10/h6-7H,1-5H2,(H,16,19)(H,17,18). The molecule has 106 valence electrons. The molecule has 0 heterocycles. The number of hydrogen-bond acceptors (Lipinski definition) is 2. The Hall–Kier alpha value is -1.27. The maximum absolute atomic E-state index is 12.1. The van der Waals surface area contributed by atoms with Crippen LogP contribution in [0.3, 0.4) is 0 Å². The minimum absolute atomic E-state index is 0.182. The van der Waals surface area contributed by atoms with Gasteiger partial charge < -0.3 is 10.4 Å². The predicted octanol–water partition coefficient (Wildman–Crippen LogP) is 1.70. The number of aliphatic carboxylic acids is 1. The summed E-state index contributed by atoms with van der Waals surface area (Å²) in [5.41, 5.74) is -0.529. The summed E-state index contributed by atoms with van der Waals surface area (Å²) in [6, 6.07) is -0.532. The molecule has 1 atom stereocenters. The van der Waals surface area contributed by atoms with Crippen LogP contribution in [0, 0.1) is 16.7 Å². The van der Waals surface area contributed by atoms with Gasteiger partial charge >= 0.3 is 18.1 Å². The van der Waals surface area contributed by atoms with Gasteiger partial charge in [-0.1, -0.05) is 6.42 Å². The molecule has 3 rings (SSSR count). The monoisotopic (exact) mass is 277 g/mol. The lowest BCUT2D eigenvalue weighted by molar-refractivity contribution is -0.175. The lowest BCUT2D eigenvalue weighted by Crippen LogP contribution is -2.51. The highest BCUT2D eigenvalue weighted by Crippen LogP contribution is 2.84. The number of halogens is 3. The molecule has 0 aromatic rings. The Bertz CT molecular complexity index is 450. The quantitative estimate of drug-likeness (QED) is 0.807. The molecule has 3 saturated carbocycles. The van der Waals surface area contributed by atoms with Gasteiger partial charge in [0.1, 0.15) is 0 Å². The average molecular weight is 277 g/mol. The second kappa shape index (κ2) is 3.43. The van der Waals surface area contributed by atoms with Gasteiger partial charge in [-0.2, -0.15) is 13.2 Å². The molecule has 1 unspecified atom stereocenters. The topological polar surface area (TPSA) is 66.4 Å². The number of carbonyl (C=O) groups excluding carboxylic acids is 1. The van der Waals surface area contributed by atoms with Crippen LogP contribution in [0.1, 0.15) is 32.1 Å². The summed E-state index contributed by atoms with van der Waals surface area (Å²) in [4.78, 5) is 22.0. The molecule has 0 aromatic heterocycles. The fourth-order valence-corrected chi connectivity index (χ4v) is 4.39. The molecule has 3 aliphatic rings. The fourth-order valence-electron chi connectivity index (χ4n) is 4.39. The van der Waals surface area contributed by atoms with Crippen LogP contribution in [0.2, 0.25) is 0 Å². The van der Waals surface area contributed by atoms with Crippen LogP contribution < -0.4 is 5.32 Å². The second-order valence-electron chi connectivity index (χ2n) is 6.01. The Balaban J connectivity index is 1.61. The van der Waals surface area contributed by atoms with Crippen molar-refractivity contribution in [3.8, 4) is 0 Å². The van der Waals surface area contributed by atoms with E-state index in [0.29, 0.717) is 12.8 Å². The summed E-state index contributed by atoms with van der Waals surface area (Å²) in [7, 11) is 0. The third-order valence-corrected chi connectivity index (χ3v) is 5.32.